The maximum absolute atomic E-state index is 13.8. The molecular formula is C18H19F3N2O. The first-order chi connectivity index (χ1) is 11.3. The highest BCUT2D eigenvalue weighted by atomic mass is 19.4. The molecule has 1 N–H and O–H groups in total. The second-order valence-corrected chi connectivity index (χ2v) is 6.37. The van der Waals surface area contributed by atoms with Gasteiger partial charge in [0.05, 0.1) is 0 Å². The maximum Gasteiger partial charge on any atom is 0.409 e. The number of nitrogens with zero attached hydrogens (tertiary/aromatic N) is 1. The molecule has 0 bridgehead atoms. The molecule has 0 saturated carbocycles. The molecule has 0 spiro atoms. The third-order valence-corrected chi connectivity index (χ3v) is 4.38. The average molecular weight is 336 g/mol. The first kappa shape index (κ1) is 16.8. The number of fused-ring (bicyclic) bond motifs is 1. The summed E-state index contributed by atoms with van der Waals surface area (Å²) in [5, 5.41) is 2.40. The van der Waals surface area contributed by atoms with E-state index in [1.165, 1.54) is 6.07 Å². The molecule has 2 aromatic carbocycles. The van der Waals surface area contributed by atoms with Crippen LogP contribution in [0, 0.1) is 0 Å². The van der Waals surface area contributed by atoms with Crippen LogP contribution in [0.25, 0.3) is 10.8 Å². The summed E-state index contributed by atoms with van der Waals surface area (Å²) in [5.74, 6) is -0.174. The van der Waals surface area contributed by atoms with Gasteiger partial charge in [0.25, 0.3) is 0 Å². The zero-order valence-corrected chi connectivity index (χ0v) is 13.5. The highest BCUT2D eigenvalue weighted by molar-refractivity contribution is 5.89. The van der Waals surface area contributed by atoms with E-state index in [4.69, 9.17) is 0 Å². The first-order valence-electron chi connectivity index (χ1n) is 7.93. The largest absolute Gasteiger partial charge is 0.409 e. The molecule has 1 atom stereocenters. The lowest BCUT2D eigenvalue weighted by atomic mass is 9.91. The molecule has 0 radical (unpaired) electrons. The topological polar surface area (TPSA) is 32.3 Å². The van der Waals surface area contributed by atoms with Crippen molar-refractivity contribution in [3.8, 4) is 0 Å². The van der Waals surface area contributed by atoms with Gasteiger partial charge in [-0.2, -0.15) is 13.2 Å². The van der Waals surface area contributed by atoms with Gasteiger partial charge in [-0.1, -0.05) is 50.2 Å². The highest BCUT2D eigenvalue weighted by Gasteiger charge is 2.47. The second-order valence-electron chi connectivity index (χ2n) is 6.37. The number of rotatable bonds is 3. The fraction of sp³-hybridized carbons (Fsp3) is 0.389. The quantitative estimate of drug-likeness (QED) is 0.906. The first-order valence-corrected chi connectivity index (χ1v) is 7.93. The number of hydrogen-bond acceptors (Lipinski definition) is 2. The van der Waals surface area contributed by atoms with Crippen LogP contribution in [0.15, 0.2) is 36.4 Å². The Labute approximate surface area is 138 Å². The minimum absolute atomic E-state index is 0.0449. The van der Waals surface area contributed by atoms with E-state index < -0.39 is 12.2 Å². The lowest BCUT2D eigenvalue weighted by Crippen LogP contribution is -2.43. The molecule has 6 heteroatoms. The van der Waals surface area contributed by atoms with Gasteiger partial charge in [-0.25, -0.2) is 5.01 Å². The molecule has 1 aliphatic heterocycles. The number of hydrazine groups is 1. The number of amides is 1. The Hall–Kier alpha value is -2.08. The molecule has 1 aliphatic rings. The maximum atomic E-state index is 13.8. The van der Waals surface area contributed by atoms with Crippen molar-refractivity contribution in [2.45, 2.75) is 38.4 Å². The van der Waals surface area contributed by atoms with Crippen molar-refractivity contribution >= 4 is 16.7 Å². The molecule has 24 heavy (non-hydrogen) atoms. The third-order valence-electron chi connectivity index (χ3n) is 4.38. The molecule has 2 aromatic rings. The summed E-state index contributed by atoms with van der Waals surface area (Å²) in [6, 6.07) is 8.59. The van der Waals surface area contributed by atoms with Crippen LogP contribution in [0.5, 0.6) is 0 Å². The average Bonchev–Trinajstić information content (AvgIpc) is 2.91. The van der Waals surface area contributed by atoms with Crippen LogP contribution in [0.1, 0.15) is 43.4 Å². The molecule has 3 rings (SSSR count). The number of carbonyl (C=O) groups excluding carboxylic acids is 1. The van der Waals surface area contributed by atoms with E-state index in [2.05, 4.69) is 5.43 Å². The van der Waals surface area contributed by atoms with Crippen molar-refractivity contribution in [3.63, 3.8) is 0 Å². The number of carbonyl (C=O) groups is 1. The Morgan fingerprint density at radius 1 is 1.04 bits per heavy atom. The van der Waals surface area contributed by atoms with Crippen LogP contribution in [-0.4, -0.2) is 23.6 Å². The summed E-state index contributed by atoms with van der Waals surface area (Å²) in [6.45, 7) is 4.08. The summed E-state index contributed by atoms with van der Waals surface area (Å²) in [6.07, 6.45) is -4.41. The van der Waals surface area contributed by atoms with Crippen LogP contribution in [0.4, 0.5) is 13.2 Å². The Morgan fingerprint density at radius 3 is 2.12 bits per heavy atom. The van der Waals surface area contributed by atoms with Crippen LogP contribution in [0.3, 0.4) is 0 Å². The van der Waals surface area contributed by atoms with E-state index in [0.29, 0.717) is 5.39 Å². The normalized spacial score (nSPS) is 17.5. The monoisotopic (exact) mass is 336 g/mol. The number of hydrogen-bond donors (Lipinski definition) is 1. The van der Waals surface area contributed by atoms with E-state index in [-0.39, 0.29) is 30.4 Å². The van der Waals surface area contributed by atoms with E-state index in [0.717, 1.165) is 16.0 Å². The van der Waals surface area contributed by atoms with Crippen LogP contribution in [0.2, 0.25) is 0 Å². The van der Waals surface area contributed by atoms with Gasteiger partial charge in [0.15, 0.2) is 6.04 Å². The molecule has 1 amide bonds. The van der Waals surface area contributed by atoms with Gasteiger partial charge in [0.2, 0.25) is 5.91 Å². The van der Waals surface area contributed by atoms with Crippen LogP contribution in [-0.2, 0) is 4.79 Å². The second kappa shape index (κ2) is 6.09. The Morgan fingerprint density at radius 2 is 1.62 bits per heavy atom. The van der Waals surface area contributed by atoms with Crippen molar-refractivity contribution < 1.29 is 18.0 Å². The predicted octanol–water partition coefficient (Wildman–Crippen LogP) is 4.30. The smallest absolute Gasteiger partial charge is 0.288 e. The van der Waals surface area contributed by atoms with Crippen molar-refractivity contribution in [2.75, 3.05) is 6.54 Å². The van der Waals surface area contributed by atoms with Gasteiger partial charge in [0, 0.05) is 13.0 Å². The van der Waals surface area contributed by atoms with Gasteiger partial charge in [-0.3, -0.25) is 10.2 Å². The Balaban J connectivity index is 2.18. The molecule has 0 aromatic heterocycles. The third kappa shape index (κ3) is 2.98. The lowest BCUT2D eigenvalue weighted by Gasteiger charge is -2.30. The highest BCUT2D eigenvalue weighted by Crippen LogP contribution is 2.41. The number of nitrogens with one attached hydrogen (secondary N) is 1. The zero-order chi connectivity index (χ0) is 17.5. The van der Waals surface area contributed by atoms with E-state index in [1.54, 1.807) is 18.2 Å². The molecule has 0 aliphatic carbocycles. The SMILES string of the molecule is CC(C)c1cccc2c([C@H](N3CCC(=O)N3)C(F)(F)F)cccc12. The van der Waals surface area contributed by atoms with Gasteiger partial charge in [-0.05, 0) is 27.8 Å². The summed E-state index contributed by atoms with van der Waals surface area (Å²) in [7, 11) is 0. The number of benzene rings is 2. The standard InChI is InChI=1S/C18H19F3N2O/c1-11(2)12-5-3-7-14-13(12)6-4-8-15(14)17(18(19,20)21)23-10-9-16(24)22-23/h3-8,11,17H,9-10H2,1-2H3,(H,22,24)/t17-/m0/s1. The Kier molecular flexibility index (Phi) is 4.25. The van der Waals surface area contributed by atoms with Crippen molar-refractivity contribution in [2.24, 2.45) is 0 Å². The lowest BCUT2D eigenvalue weighted by molar-refractivity contribution is -0.190. The fourth-order valence-electron chi connectivity index (χ4n) is 3.31. The molecule has 128 valence electrons. The molecule has 3 nitrogen and oxygen atoms in total. The predicted molar refractivity (Wildman–Crippen MR) is 86.3 cm³/mol. The summed E-state index contributed by atoms with van der Waals surface area (Å²) in [4.78, 5) is 11.4. The molecule has 1 fully saturated rings. The molecule has 1 saturated heterocycles. The van der Waals surface area contributed by atoms with Gasteiger partial charge in [0.1, 0.15) is 0 Å². The van der Waals surface area contributed by atoms with Crippen molar-refractivity contribution in [1.82, 2.24) is 10.4 Å². The van der Waals surface area contributed by atoms with Crippen molar-refractivity contribution in [3.05, 3.63) is 47.5 Å². The van der Waals surface area contributed by atoms with Gasteiger partial charge < -0.3 is 0 Å². The number of alkyl halides is 3. The van der Waals surface area contributed by atoms with Gasteiger partial charge in [-0.15, -0.1) is 0 Å². The molecule has 1 heterocycles. The minimum atomic E-state index is -4.49. The zero-order valence-electron chi connectivity index (χ0n) is 13.5. The summed E-state index contributed by atoms with van der Waals surface area (Å²) < 4.78 is 41.3. The van der Waals surface area contributed by atoms with Crippen LogP contribution < -0.4 is 5.43 Å². The Bertz CT molecular complexity index is 770. The molecular weight excluding hydrogens is 317 g/mol. The number of halogens is 3. The van der Waals surface area contributed by atoms with E-state index in [9.17, 15) is 18.0 Å². The van der Waals surface area contributed by atoms with E-state index >= 15 is 0 Å². The molecule has 0 unspecified atom stereocenters. The van der Waals surface area contributed by atoms with Crippen molar-refractivity contribution in [1.29, 1.82) is 0 Å². The fourth-order valence-corrected chi connectivity index (χ4v) is 3.31. The summed E-state index contributed by atoms with van der Waals surface area (Å²) in [5.41, 5.74) is 3.52. The minimum Gasteiger partial charge on any atom is -0.288 e. The summed E-state index contributed by atoms with van der Waals surface area (Å²) >= 11 is 0. The van der Waals surface area contributed by atoms with Crippen LogP contribution >= 0.6 is 0 Å². The van der Waals surface area contributed by atoms with E-state index in [1.807, 2.05) is 26.0 Å². The van der Waals surface area contributed by atoms with Gasteiger partial charge >= 0.3 is 6.18 Å².